The summed E-state index contributed by atoms with van der Waals surface area (Å²) in [6, 6.07) is 12.0. The number of sulfonamides is 1. The van der Waals surface area contributed by atoms with E-state index in [4.69, 9.17) is 0 Å². The summed E-state index contributed by atoms with van der Waals surface area (Å²) in [5, 5.41) is 20.8. The first-order valence-corrected chi connectivity index (χ1v) is 13.6. The van der Waals surface area contributed by atoms with E-state index in [1.807, 2.05) is 0 Å². The Labute approximate surface area is 219 Å². The van der Waals surface area contributed by atoms with Crippen LogP contribution >= 0.6 is 11.3 Å². The monoisotopic (exact) mass is 563 g/mol. The van der Waals surface area contributed by atoms with Crippen LogP contribution in [0.5, 0.6) is 0 Å². The van der Waals surface area contributed by atoms with Gasteiger partial charge in [-0.05, 0) is 48.0 Å². The van der Waals surface area contributed by atoms with Crippen LogP contribution in [0.25, 0.3) is 27.4 Å². The highest BCUT2D eigenvalue weighted by Gasteiger charge is 2.30. The Kier molecular flexibility index (Phi) is 6.81. The molecule has 1 aliphatic rings. The third-order valence-electron chi connectivity index (χ3n) is 5.97. The molecule has 0 amide bonds. The van der Waals surface area contributed by atoms with Crippen molar-refractivity contribution >= 4 is 27.3 Å². The molecule has 1 aliphatic heterocycles. The van der Waals surface area contributed by atoms with E-state index >= 15 is 0 Å². The number of carboxylic acid groups (broad SMARTS) is 1. The molecule has 5 rings (SSSR count). The fourth-order valence-electron chi connectivity index (χ4n) is 3.99. The van der Waals surface area contributed by atoms with E-state index in [0.29, 0.717) is 53.6 Å². The normalized spacial score (nSPS) is 15.0. The third kappa shape index (κ3) is 5.20. The summed E-state index contributed by atoms with van der Waals surface area (Å²) in [5.74, 6) is -1.19. The van der Waals surface area contributed by atoms with Crippen LogP contribution in [0.2, 0.25) is 0 Å². The van der Waals surface area contributed by atoms with Crippen LogP contribution in [0.15, 0.2) is 65.0 Å². The molecule has 2 N–H and O–H groups in total. The molecule has 0 saturated carbocycles. The number of nitrogens with one attached hydrogen (secondary N) is 1. The molecule has 4 aromatic rings. The average molecular weight is 564 g/mol. The summed E-state index contributed by atoms with van der Waals surface area (Å²) in [6.45, 7) is 1.85. The zero-order chi connectivity index (χ0) is 27.1. The van der Waals surface area contributed by atoms with E-state index in [2.05, 4.69) is 15.6 Å². The number of hydrogen-bond acceptors (Lipinski definition) is 7. The SMILES string of the molecule is O=C(O)c1cc(-c2ccc(S(=O)(=O)N3CCNCC3)s2)cc(-n2cc(-c3ccc(C(F)(F)F)cc3)nn2)c1. The number of aromatic nitrogens is 3. The summed E-state index contributed by atoms with van der Waals surface area (Å²) < 4.78 is 67.6. The molecule has 38 heavy (non-hydrogen) atoms. The lowest BCUT2D eigenvalue weighted by Gasteiger charge is -2.25. The number of alkyl halides is 3. The van der Waals surface area contributed by atoms with Crippen LogP contribution in [0.1, 0.15) is 15.9 Å². The van der Waals surface area contributed by atoms with E-state index in [9.17, 15) is 31.5 Å². The van der Waals surface area contributed by atoms with Gasteiger partial charge >= 0.3 is 12.1 Å². The molecule has 0 aliphatic carbocycles. The smallest absolute Gasteiger partial charge is 0.416 e. The molecule has 198 valence electrons. The molecule has 0 unspecified atom stereocenters. The van der Waals surface area contributed by atoms with E-state index in [1.54, 1.807) is 12.1 Å². The van der Waals surface area contributed by atoms with Crippen LogP contribution in [-0.4, -0.2) is 65.0 Å². The fraction of sp³-hybridized carbons (Fsp3) is 0.208. The van der Waals surface area contributed by atoms with Gasteiger partial charge in [-0.3, -0.25) is 0 Å². The molecule has 3 heterocycles. The molecule has 1 fully saturated rings. The van der Waals surface area contributed by atoms with Crippen LogP contribution in [0.3, 0.4) is 0 Å². The van der Waals surface area contributed by atoms with Crippen LogP contribution < -0.4 is 5.32 Å². The van der Waals surface area contributed by atoms with Gasteiger partial charge in [-0.2, -0.15) is 17.5 Å². The van der Waals surface area contributed by atoms with Crippen molar-refractivity contribution in [2.75, 3.05) is 26.2 Å². The van der Waals surface area contributed by atoms with Gasteiger partial charge in [0.25, 0.3) is 10.0 Å². The van der Waals surface area contributed by atoms with Gasteiger partial charge in [-0.15, -0.1) is 16.4 Å². The van der Waals surface area contributed by atoms with Gasteiger partial charge in [0, 0.05) is 36.6 Å². The van der Waals surface area contributed by atoms with Gasteiger partial charge in [0.05, 0.1) is 23.0 Å². The summed E-state index contributed by atoms with van der Waals surface area (Å²) in [7, 11) is -3.68. The van der Waals surface area contributed by atoms with Crippen molar-refractivity contribution in [2.45, 2.75) is 10.4 Å². The predicted octanol–water partition coefficient (Wildman–Crippen LogP) is 3.97. The summed E-state index contributed by atoms with van der Waals surface area (Å²) in [6.07, 6.45) is -2.99. The molecule has 0 atom stereocenters. The second kappa shape index (κ2) is 9.94. The van der Waals surface area contributed by atoms with Crippen molar-refractivity contribution in [3.63, 3.8) is 0 Å². The zero-order valence-corrected chi connectivity index (χ0v) is 21.1. The van der Waals surface area contributed by atoms with Gasteiger partial charge in [-0.25, -0.2) is 17.9 Å². The maximum absolute atomic E-state index is 13.0. The lowest BCUT2D eigenvalue weighted by molar-refractivity contribution is -0.137. The number of carbonyl (C=O) groups is 1. The Morgan fingerprint density at radius 2 is 1.71 bits per heavy atom. The number of rotatable bonds is 6. The maximum atomic E-state index is 13.0. The number of halogens is 3. The van der Waals surface area contributed by atoms with E-state index in [-0.39, 0.29) is 9.77 Å². The molecular weight excluding hydrogens is 543 g/mol. The highest BCUT2D eigenvalue weighted by Crippen LogP contribution is 2.35. The van der Waals surface area contributed by atoms with Crippen molar-refractivity contribution < 1.29 is 31.5 Å². The lowest BCUT2D eigenvalue weighted by Crippen LogP contribution is -2.46. The van der Waals surface area contributed by atoms with Crippen molar-refractivity contribution in [2.24, 2.45) is 0 Å². The first-order chi connectivity index (χ1) is 18.0. The first-order valence-electron chi connectivity index (χ1n) is 11.3. The first kappa shape index (κ1) is 26.0. The minimum Gasteiger partial charge on any atom is -0.478 e. The third-order valence-corrected chi connectivity index (χ3v) is 9.47. The second-order valence-corrected chi connectivity index (χ2v) is 11.7. The van der Waals surface area contributed by atoms with Gasteiger partial charge in [0.2, 0.25) is 0 Å². The van der Waals surface area contributed by atoms with Crippen molar-refractivity contribution in [1.82, 2.24) is 24.6 Å². The van der Waals surface area contributed by atoms with Crippen LogP contribution in [0, 0.1) is 0 Å². The summed E-state index contributed by atoms with van der Waals surface area (Å²) in [5.41, 5.74) is 0.663. The highest BCUT2D eigenvalue weighted by atomic mass is 32.2. The largest absolute Gasteiger partial charge is 0.478 e. The predicted molar refractivity (Wildman–Crippen MR) is 134 cm³/mol. The highest BCUT2D eigenvalue weighted by molar-refractivity contribution is 7.91. The Morgan fingerprint density at radius 3 is 2.37 bits per heavy atom. The van der Waals surface area contributed by atoms with Gasteiger partial charge in [0.1, 0.15) is 9.90 Å². The Morgan fingerprint density at radius 1 is 1.00 bits per heavy atom. The fourth-order valence-corrected chi connectivity index (χ4v) is 6.88. The van der Waals surface area contributed by atoms with E-state index in [0.717, 1.165) is 23.5 Å². The summed E-state index contributed by atoms with van der Waals surface area (Å²) in [4.78, 5) is 12.4. The Balaban J connectivity index is 1.47. The number of thiophene rings is 1. The maximum Gasteiger partial charge on any atom is 0.416 e. The number of nitrogens with zero attached hydrogens (tertiary/aromatic N) is 4. The quantitative estimate of drug-likeness (QED) is 0.365. The molecule has 2 aromatic heterocycles. The van der Waals surface area contributed by atoms with Crippen molar-refractivity contribution in [3.05, 3.63) is 71.9 Å². The van der Waals surface area contributed by atoms with Gasteiger partial charge < -0.3 is 10.4 Å². The number of hydrogen-bond donors (Lipinski definition) is 2. The van der Waals surface area contributed by atoms with E-state index in [1.165, 1.54) is 45.5 Å². The van der Waals surface area contributed by atoms with Crippen molar-refractivity contribution in [3.8, 4) is 27.4 Å². The number of benzene rings is 2. The topological polar surface area (TPSA) is 117 Å². The molecule has 1 saturated heterocycles. The standard InChI is InChI=1S/C24H20F3N5O4S2/c25-24(26,27)18-3-1-15(2-4-18)20-14-32(30-29-20)19-12-16(11-17(13-19)23(33)34)21-5-6-22(37-21)38(35,36)31-9-7-28-8-10-31/h1-6,11-14,28H,7-10H2,(H,33,34). The molecule has 14 heteroatoms. The average Bonchev–Trinajstić information content (AvgIpc) is 3.60. The van der Waals surface area contributed by atoms with Crippen LogP contribution in [0.4, 0.5) is 13.2 Å². The Hall–Kier alpha value is -3.59. The lowest BCUT2D eigenvalue weighted by atomic mass is 10.1. The molecule has 0 spiro atoms. The number of carboxylic acids is 1. The van der Waals surface area contributed by atoms with Crippen molar-refractivity contribution in [1.29, 1.82) is 0 Å². The second-order valence-electron chi connectivity index (χ2n) is 8.47. The molecule has 0 bridgehead atoms. The molecule has 0 radical (unpaired) electrons. The van der Waals surface area contributed by atoms with Gasteiger partial charge in [0.15, 0.2) is 0 Å². The number of piperazine rings is 1. The minimum absolute atomic E-state index is 0.0519. The van der Waals surface area contributed by atoms with Gasteiger partial charge in [-0.1, -0.05) is 17.3 Å². The van der Waals surface area contributed by atoms with E-state index < -0.39 is 27.7 Å². The molecule has 9 nitrogen and oxygen atoms in total. The molecular formula is C24H20F3N5O4S2. The summed E-state index contributed by atoms with van der Waals surface area (Å²) >= 11 is 1.04. The minimum atomic E-state index is -4.46. The van der Waals surface area contributed by atoms with Crippen LogP contribution in [-0.2, 0) is 16.2 Å². The molecule has 2 aromatic carbocycles. The zero-order valence-electron chi connectivity index (χ0n) is 19.5. The Bertz CT molecular complexity index is 1590. The number of aromatic carboxylic acids is 1.